The molecule has 0 saturated carbocycles. The van der Waals surface area contributed by atoms with Crippen molar-refractivity contribution in [2.45, 2.75) is 6.04 Å². The van der Waals surface area contributed by atoms with Gasteiger partial charge in [0.15, 0.2) is 0 Å². The number of ether oxygens (including phenoxy) is 1. The van der Waals surface area contributed by atoms with Crippen LogP contribution < -0.4 is 0 Å². The summed E-state index contributed by atoms with van der Waals surface area (Å²) in [6.07, 6.45) is 2.50. The quantitative estimate of drug-likeness (QED) is 0.798. The largest absolute Gasteiger partial charge is 0.477 e. The van der Waals surface area contributed by atoms with E-state index in [1.165, 1.54) is 27.9 Å². The first-order valence-corrected chi connectivity index (χ1v) is 5.43. The molecule has 1 fully saturated rings. The van der Waals surface area contributed by atoms with Crippen molar-refractivity contribution in [1.29, 1.82) is 0 Å². The third-order valence-electron chi connectivity index (χ3n) is 2.68. The molecule has 96 valence electrons. The van der Waals surface area contributed by atoms with Crippen LogP contribution in [-0.2, 0) is 4.74 Å². The molecular weight excluding hydrogens is 238 g/mol. The van der Waals surface area contributed by atoms with Crippen molar-refractivity contribution in [3.8, 4) is 0 Å². The van der Waals surface area contributed by atoms with Gasteiger partial charge in [0.1, 0.15) is 12.3 Å². The summed E-state index contributed by atoms with van der Waals surface area (Å²) in [5.41, 5.74) is 0.124. The Balaban J connectivity index is 1.92. The summed E-state index contributed by atoms with van der Waals surface area (Å²) in [6, 6.07) is 1.32. The molecule has 0 atom stereocenters. The van der Waals surface area contributed by atoms with Crippen LogP contribution in [0.1, 0.15) is 16.5 Å². The van der Waals surface area contributed by atoms with Crippen LogP contribution in [0.2, 0.25) is 0 Å². The van der Waals surface area contributed by atoms with Gasteiger partial charge < -0.3 is 14.7 Å². The molecule has 1 N–H and O–H groups in total. The Labute approximate surface area is 103 Å². The molecule has 0 unspecified atom stereocenters. The maximum atomic E-state index is 11.4. The average molecular weight is 251 g/mol. The number of carbonyl (C=O) groups is 2. The molecule has 0 radical (unpaired) electrons. The number of carbonyl (C=O) groups excluding carboxylic acids is 1. The standard InChI is InChI=1S/C11H13N3O4/c1-2-5-18-11(17)13-6-8(7-13)14-9(10(15)16)3-4-12-14/h2-4,8H,1,5-7H2,(H,15,16). The smallest absolute Gasteiger partial charge is 0.410 e. The van der Waals surface area contributed by atoms with Crippen LogP contribution in [0.25, 0.3) is 0 Å². The van der Waals surface area contributed by atoms with Crippen LogP contribution in [0.5, 0.6) is 0 Å². The lowest BCUT2D eigenvalue weighted by Gasteiger charge is -2.38. The van der Waals surface area contributed by atoms with Crippen LogP contribution in [0.3, 0.4) is 0 Å². The molecule has 7 nitrogen and oxygen atoms in total. The second-order valence-corrected chi connectivity index (χ2v) is 3.89. The Hall–Kier alpha value is -2.31. The highest BCUT2D eigenvalue weighted by molar-refractivity contribution is 5.85. The van der Waals surface area contributed by atoms with Crippen LogP contribution in [-0.4, -0.2) is 51.5 Å². The summed E-state index contributed by atoms with van der Waals surface area (Å²) < 4.78 is 6.28. The Bertz CT molecular complexity index is 476. The van der Waals surface area contributed by atoms with Gasteiger partial charge in [0.05, 0.1) is 6.04 Å². The number of amides is 1. The first-order chi connectivity index (χ1) is 8.63. The minimum atomic E-state index is -1.03. The molecule has 1 aromatic heterocycles. The van der Waals surface area contributed by atoms with Gasteiger partial charge in [-0.05, 0) is 6.07 Å². The molecule has 2 rings (SSSR count). The SMILES string of the molecule is C=CCOC(=O)N1CC(n2nccc2C(=O)O)C1. The molecule has 0 bridgehead atoms. The number of carboxylic acid groups (broad SMARTS) is 1. The number of hydrogen-bond donors (Lipinski definition) is 1. The molecular formula is C11H13N3O4. The molecule has 1 aliphatic heterocycles. The Morgan fingerprint density at radius 1 is 1.61 bits per heavy atom. The number of aromatic nitrogens is 2. The second-order valence-electron chi connectivity index (χ2n) is 3.89. The van der Waals surface area contributed by atoms with E-state index in [0.717, 1.165) is 0 Å². The monoisotopic (exact) mass is 251 g/mol. The van der Waals surface area contributed by atoms with Crippen LogP contribution in [0.15, 0.2) is 24.9 Å². The number of hydrogen-bond acceptors (Lipinski definition) is 4. The van der Waals surface area contributed by atoms with Crippen molar-refractivity contribution < 1.29 is 19.4 Å². The van der Waals surface area contributed by atoms with E-state index in [1.54, 1.807) is 0 Å². The summed E-state index contributed by atoms with van der Waals surface area (Å²) in [5, 5.41) is 12.9. The maximum absolute atomic E-state index is 11.4. The maximum Gasteiger partial charge on any atom is 0.410 e. The van der Waals surface area contributed by atoms with Gasteiger partial charge in [-0.1, -0.05) is 12.7 Å². The molecule has 1 amide bonds. The lowest BCUT2D eigenvalue weighted by Crippen LogP contribution is -2.51. The van der Waals surface area contributed by atoms with Gasteiger partial charge in [0.2, 0.25) is 0 Å². The van der Waals surface area contributed by atoms with E-state index in [-0.39, 0.29) is 18.3 Å². The van der Waals surface area contributed by atoms with Crippen molar-refractivity contribution in [2.24, 2.45) is 0 Å². The normalized spacial score (nSPS) is 15.0. The second kappa shape index (κ2) is 4.91. The van der Waals surface area contributed by atoms with Crippen LogP contribution >= 0.6 is 0 Å². The minimum absolute atomic E-state index is 0.109. The van der Waals surface area contributed by atoms with E-state index in [1.807, 2.05) is 0 Å². The lowest BCUT2D eigenvalue weighted by molar-refractivity contribution is 0.0551. The van der Waals surface area contributed by atoms with E-state index >= 15 is 0 Å². The summed E-state index contributed by atoms with van der Waals surface area (Å²) in [7, 11) is 0. The fourth-order valence-corrected chi connectivity index (χ4v) is 1.76. The third kappa shape index (κ3) is 2.20. The number of carboxylic acids is 1. The Morgan fingerprint density at radius 2 is 2.33 bits per heavy atom. The van der Waals surface area contributed by atoms with Gasteiger partial charge in [-0.15, -0.1) is 0 Å². The van der Waals surface area contributed by atoms with Gasteiger partial charge in [-0.25, -0.2) is 9.59 Å². The van der Waals surface area contributed by atoms with Gasteiger partial charge in [0, 0.05) is 19.3 Å². The van der Waals surface area contributed by atoms with Gasteiger partial charge in [-0.3, -0.25) is 4.68 Å². The zero-order valence-electron chi connectivity index (χ0n) is 9.65. The highest BCUT2D eigenvalue weighted by Crippen LogP contribution is 2.22. The van der Waals surface area contributed by atoms with Gasteiger partial charge in [0.25, 0.3) is 0 Å². The van der Waals surface area contributed by atoms with Crippen molar-refractivity contribution in [3.63, 3.8) is 0 Å². The van der Waals surface area contributed by atoms with E-state index < -0.39 is 12.1 Å². The lowest BCUT2D eigenvalue weighted by atomic mass is 10.1. The van der Waals surface area contributed by atoms with Gasteiger partial charge >= 0.3 is 12.1 Å². The molecule has 0 spiro atoms. The van der Waals surface area contributed by atoms with Crippen LogP contribution in [0.4, 0.5) is 4.79 Å². The summed E-state index contributed by atoms with van der Waals surface area (Å²) >= 11 is 0. The van der Waals surface area contributed by atoms with Crippen molar-refractivity contribution in [1.82, 2.24) is 14.7 Å². The molecule has 1 saturated heterocycles. The predicted octanol–water partition coefficient (Wildman–Crippen LogP) is 0.761. The molecule has 18 heavy (non-hydrogen) atoms. The zero-order valence-corrected chi connectivity index (χ0v) is 9.65. The van der Waals surface area contributed by atoms with Crippen LogP contribution in [0, 0.1) is 0 Å². The van der Waals surface area contributed by atoms with Crippen molar-refractivity contribution in [3.05, 3.63) is 30.6 Å². The highest BCUT2D eigenvalue weighted by Gasteiger charge is 2.35. The topological polar surface area (TPSA) is 84.7 Å². The number of nitrogens with zero attached hydrogens (tertiary/aromatic N) is 3. The van der Waals surface area contributed by atoms with E-state index in [9.17, 15) is 9.59 Å². The first-order valence-electron chi connectivity index (χ1n) is 5.43. The van der Waals surface area contributed by atoms with E-state index in [0.29, 0.717) is 13.1 Å². The van der Waals surface area contributed by atoms with Gasteiger partial charge in [-0.2, -0.15) is 5.10 Å². The first kappa shape index (κ1) is 12.2. The van der Waals surface area contributed by atoms with E-state index in [2.05, 4.69) is 11.7 Å². The molecule has 0 aromatic carbocycles. The summed E-state index contributed by atoms with van der Waals surface area (Å²) in [4.78, 5) is 23.8. The number of aromatic carboxylic acids is 1. The zero-order chi connectivity index (χ0) is 13.1. The third-order valence-corrected chi connectivity index (χ3v) is 2.68. The Morgan fingerprint density at radius 3 is 2.94 bits per heavy atom. The molecule has 7 heteroatoms. The minimum Gasteiger partial charge on any atom is -0.477 e. The van der Waals surface area contributed by atoms with E-state index in [4.69, 9.17) is 9.84 Å². The number of rotatable bonds is 4. The fraction of sp³-hybridized carbons (Fsp3) is 0.364. The Kier molecular flexibility index (Phi) is 3.31. The molecule has 2 heterocycles. The molecule has 1 aromatic rings. The average Bonchev–Trinajstić information content (AvgIpc) is 2.73. The molecule has 0 aliphatic carbocycles. The van der Waals surface area contributed by atoms with Crippen molar-refractivity contribution >= 4 is 12.1 Å². The summed E-state index contributed by atoms with van der Waals surface area (Å²) in [5.74, 6) is -1.03. The molecule has 1 aliphatic rings. The summed E-state index contributed by atoms with van der Waals surface area (Å²) in [6.45, 7) is 4.42. The number of likely N-dealkylation sites (tertiary alicyclic amines) is 1. The predicted molar refractivity (Wildman–Crippen MR) is 61.3 cm³/mol. The fourth-order valence-electron chi connectivity index (χ4n) is 1.76. The highest BCUT2D eigenvalue weighted by atomic mass is 16.6. The van der Waals surface area contributed by atoms with Crippen molar-refractivity contribution in [2.75, 3.05) is 19.7 Å².